The number of guanidine groups is 1. The van der Waals surface area contributed by atoms with Crippen molar-refractivity contribution in [3.63, 3.8) is 0 Å². The van der Waals surface area contributed by atoms with Crippen LogP contribution < -0.4 is 10.6 Å². The lowest BCUT2D eigenvalue weighted by atomic mass is 9.83. The molecule has 5 heteroatoms. The minimum atomic E-state index is 0.385. The van der Waals surface area contributed by atoms with Crippen molar-refractivity contribution in [2.24, 2.45) is 10.4 Å². The van der Waals surface area contributed by atoms with Gasteiger partial charge in [0.05, 0.1) is 0 Å². The van der Waals surface area contributed by atoms with E-state index in [1.54, 1.807) is 18.4 Å². The van der Waals surface area contributed by atoms with Crippen LogP contribution in [-0.4, -0.2) is 33.3 Å². The molecule has 0 saturated heterocycles. The van der Waals surface area contributed by atoms with Crippen molar-refractivity contribution in [3.05, 3.63) is 22.4 Å². The van der Waals surface area contributed by atoms with Gasteiger partial charge in [-0.05, 0) is 47.1 Å². The molecule has 1 aliphatic rings. The van der Waals surface area contributed by atoms with E-state index in [1.165, 1.54) is 31.2 Å². The van der Waals surface area contributed by atoms with E-state index >= 15 is 0 Å². The number of aliphatic imine (C=N–C) groups is 1. The number of methoxy groups -OCH3 is 1. The van der Waals surface area contributed by atoms with Crippen LogP contribution in [0, 0.1) is 5.41 Å². The molecule has 1 saturated carbocycles. The van der Waals surface area contributed by atoms with Crippen LogP contribution in [-0.2, 0) is 11.3 Å². The van der Waals surface area contributed by atoms with Crippen molar-refractivity contribution in [3.8, 4) is 0 Å². The number of hydrogen-bond acceptors (Lipinski definition) is 3. The number of hydrogen-bond donors (Lipinski definition) is 2. The fourth-order valence-electron chi connectivity index (χ4n) is 3.03. The topological polar surface area (TPSA) is 45.7 Å². The Labute approximate surface area is 132 Å². The minimum Gasteiger partial charge on any atom is -0.385 e. The van der Waals surface area contributed by atoms with E-state index in [4.69, 9.17) is 4.74 Å². The molecule has 2 N–H and O–H groups in total. The number of nitrogens with one attached hydrogen (secondary N) is 2. The van der Waals surface area contributed by atoms with E-state index in [0.29, 0.717) is 5.41 Å². The smallest absolute Gasteiger partial charge is 0.191 e. The maximum atomic E-state index is 5.29. The summed E-state index contributed by atoms with van der Waals surface area (Å²) in [5.41, 5.74) is 1.69. The molecular formula is C16H27N3OS. The average Bonchev–Trinajstić information content (AvgIpc) is 3.17. The molecular weight excluding hydrogens is 282 g/mol. The standard InChI is InChI=1S/C16H27N3OS/c1-17-15(18-11-14-5-10-21-12-14)19-13-16(8-9-20-2)6-3-4-7-16/h5,10,12H,3-4,6-9,11,13H2,1-2H3,(H2,17,18,19). The zero-order chi connectivity index (χ0) is 15.0. The summed E-state index contributed by atoms with van der Waals surface area (Å²) in [6.07, 6.45) is 6.41. The Balaban J connectivity index is 1.80. The number of rotatable bonds is 7. The summed E-state index contributed by atoms with van der Waals surface area (Å²) >= 11 is 1.73. The molecule has 2 rings (SSSR count). The van der Waals surface area contributed by atoms with Gasteiger partial charge in [-0.1, -0.05) is 12.8 Å². The normalized spacial score (nSPS) is 17.9. The van der Waals surface area contributed by atoms with Crippen molar-refractivity contribution in [1.82, 2.24) is 10.6 Å². The Kier molecular flexibility index (Phi) is 6.51. The lowest BCUT2D eigenvalue weighted by Gasteiger charge is -2.29. The molecule has 1 heterocycles. The lowest BCUT2D eigenvalue weighted by Crippen LogP contribution is -2.43. The van der Waals surface area contributed by atoms with Gasteiger partial charge in [0.15, 0.2) is 5.96 Å². The van der Waals surface area contributed by atoms with Crippen LogP contribution in [0.3, 0.4) is 0 Å². The number of ether oxygens (including phenoxy) is 1. The summed E-state index contributed by atoms with van der Waals surface area (Å²) in [4.78, 5) is 4.33. The quantitative estimate of drug-likeness (QED) is 0.601. The Bertz CT molecular complexity index is 425. The third-order valence-electron chi connectivity index (χ3n) is 4.40. The van der Waals surface area contributed by atoms with Crippen LogP contribution in [0.1, 0.15) is 37.7 Å². The van der Waals surface area contributed by atoms with Gasteiger partial charge in [-0.3, -0.25) is 4.99 Å². The van der Waals surface area contributed by atoms with Crippen LogP contribution in [0.4, 0.5) is 0 Å². The lowest BCUT2D eigenvalue weighted by molar-refractivity contribution is 0.138. The van der Waals surface area contributed by atoms with Gasteiger partial charge in [0.25, 0.3) is 0 Å². The van der Waals surface area contributed by atoms with E-state index in [-0.39, 0.29) is 0 Å². The molecule has 21 heavy (non-hydrogen) atoms. The first-order valence-corrected chi connectivity index (χ1v) is 8.67. The molecule has 1 aromatic rings. The largest absolute Gasteiger partial charge is 0.385 e. The SMILES string of the molecule is CN=C(NCc1ccsc1)NCC1(CCOC)CCCC1. The van der Waals surface area contributed by atoms with Gasteiger partial charge in [0.2, 0.25) is 0 Å². The van der Waals surface area contributed by atoms with E-state index in [2.05, 4.69) is 32.5 Å². The zero-order valence-electron chi connectivity index (χ0n) is 13.2. The second-order valence-corrected chi connectivity index (χ2v) is 6.64. The molecule has 118 valence electrons. The van der Waals surface area contributed by atoms with Crippen LogP contribution in [0.15, 0.2) is 21.8 Å². The molecule has 0 bridgehead atoms. The molecule has 0 aromatic carbocycles. The first-order chi connectivity index (χ1) is 10.3. The van der Waals surface area contributed by atoms with Gasteiger partial charge >= 0.3 is 0 Å². The number of thiophene rings is 1. The highest BCUT2D eigenvalue weighted by molar-refractivity contribution is 7.07. The summed E-state index contributed by atoms with van der Waals surface area (Å²) in [5.74, 6) is 0.893. The molecule has 0 radical (unpaired) electrons. The van der Waals surface area contributed by atoms with Gasteiger partial charge in [-0.25, -0.2) is 0 Å². The maximum absolute atomic E-state index is 5.29. The Morgan fingerprint density at radius 3 is 2.81 bits per heavy atom. The second-order valence-electron chi connectivity index (χ2n) is 5.86. The Morgan fingerprint density at radius 2 is 2.19 bits per heavy atom. The van der Waals surface area contributed by atoms with E-state index < -0.39 is 0 Å². The first-order valence-electron chi connectivity index (χ1n) is 7.72. The molecule has 0 spiro atoms. The Hall–Kier alpha value is -1.07. The molecule has 1 aliphatic carbocycles. The van der Waals surface area contributed by atoms with Crippen LogP contribution >= 0.6 is 11.3 Å². The second kappa shape index (κ2) is 8.39. The molecule has 0 aliphatic heterocycles. The maximum Gasteiger partial charge on any atom is 0.191 e. The molecule has 1 fully saturated rings. The fourth-order valence-corrected chi connectivity index (χ4v) is 3.70. The predicted octanol–water partition coefficient (Wildman–Crippen LogP) is 3.01. The Morgan fingerprint density at radius 1 is 1.38 bits per heavy atom. The number of nitrogens with zero attached hydrogens (tertiary/aromatic N) is 1. The van der Waals surface area contributed by atoms with Gasteiger partial charge in [-0.15, -0.1) is 0 Å². The molecule has 0 atom stereocenters. The van der Waals surface area contributed by atoms with Crippen LogP contribution in [0.5, 0.6) is 0 Å². The van der Waals surface area contributed by atoms with Gasteiger partial charge < -0.3 is 15.4 Å². The van der Waals surface area contributed by atoms with E-state index in [9.17, 15) is 0 Å². The minimum absolute atomic E-state index is 0.385. The summed E-state index contributed by atoms with van der Waals surface area (Å²) in [7, 11) is 3.62. The summed E-state index contributed by atoms with van der Waals surface area (Å²) < 4.78 is 5.29. The molecule has 1 aromatic heterocycles. The monoisotopic (exact) mass is 309 g/mol. The summed E-state index contributed by atoms with van der Waals surface area (Å²) in [5, 5.41) is 11.2. The molecule has 4 nitrogen and oxygen atoms in total. The summed E-state index contributed by atoms with van der Waals surface area (Å²) in [6, 6.07) is 2.14. The van der Waals surface area contributed by atoms with Crippen LogP contribution in [0.2, 0.25) is 0 Å². The average molecular weight is 309 g/mol. The van der Waals surface area contributed by atoms with Crippen molar-refractivity contribution >= 4 is 17.3 Å². The van der Waals surface area contributed by atoms with Crippen molar-refractivity contribution < 1.29 is 4.74 Å². The van der Waals surface area contributed by atoms with E-state index in [0.717, 1.165) is 32.1 Å². The third-order valence-corrected chi connectivity index (χ3v) is 5.13. The van der Waals surface area contributed by atoms with Crippen molar-refractivity contribution in [2.45, 2.75) is 38.6 Å². The third kappa shape index (κ3) is 5.00. The molecule has 0 unspecified atom stereocenters. The fraction of sp³-hybridized carbons (Fsp3) is 0.688. The van der Waals surface area contributed by atoms with Crippen molar-refractivity contribution in [1.29, 1.82) is 0 Å². The highest BCUT2D eigenvalue weighted by Crippen LogP contribution is 2.40. The van der Waals surface area contributed by atoms with Crippen molar-refractivity contribution in [2.75, 3.05) is 27.3 Å². The van der Waals surface area contributed by atoms with Gasteiger partial charge in [0, 0.05) is 33.9 Å². The van der Waals surface area contributed by atoms with Crippen LogP contribution in [0.25, 0.3) is 0 Å². The highest BCUT2D eigenvalue weighted by Gasteiger charge is 2.33. The summed E-state index contributed by atoms with van der Waals surface area (Å²) in [6.45, 7) is 2.66. The highest BCUT2D eigenvalue weighted by atomic mass is 32.1. The zero-order valence-corrected chi connectivity index (χ0v) is 14.0. The predicted molar refractivity (Wildman–Crippen MR) is 89.9 cm³/mol. The van der Waals surface area contributed by atoms with Gasteiger partial charge in [-0.2, -0.15) is 11.3 Å². The molecule has 0 amide bonds. The van der Waals surface area contributed by atoms with E-state index in [1.807, 2.05) is 7.05 Å². The first kappa shape index (κ1) is 16.3. The van der Waals surface area contributed by atoms with Gasteiger partial charge in [0.1, 0.15) is 0 Å².